The Morgan fingerprint density at radius 2 is 2.35 bits per heavy atom. The van der Waals surface area contributed by atoms with Gasteiger partial charge in [-0.15, -0.1) is 11.3 Å². The van der Waals surface area contributed by atoms with E-state index in [9.17, 15) is 0 Å². The van der Waals surface area contributed by atoms with Crippen molar-refractivity contribution in [1.29, 1.82) is 0 Å². The highest BCUT2D eigenvalue weighted by Crippen LogP contribution is 2.26. The smallest absolute Gasteiger partial charge is 0.0794 e. The summed E-state index contributed by atoms with van der Waals surface area (Å²) in [5.74, 6) is 0. The number of halogens is 1. The van der Waals surface area contributed by atoms with E-state index in [2.05, 4.69) is 32.9 Å². The van der Waals surface area contributed by atoms with Crippen LogP contribution < -0.4 is 5.73 Å². The number of hydrogen-bond donors (Lipinski definition) is 1. The topological polar surface area (TPSA) is 56.7 Å². The van der Waals surface area contributed by atoms with Crippen LogP contribution in [-0.2, 0) is 19.9 Å². The minimum Gasteiger partial charge on any atom is -0.323 e. The van der Waals surface area contributed by atoms with E-state index in [0.717, 1.165) is 33.6 Å². The summed E-state index contributed by atoms with van der Waals surface area (Å²) in [6.07, 6.45) is 3.52. The highest BCUT2D eigenvalue weighted by atomic mass is 79.9. The molecule has 0 radical (unpaired) electrons. The Kier molecular flexibility index (Phi) is 3.96. The van der Waals surface area contributed by atoms with Gasteiger partial charge < -0.3 is 5.73 Å². The highest BCUT2D eigenvalue weighted by molar-refractivity contribution is 9.10. The molecule has 0 saturated heterocycles. The van der Waals surface area contributed by atoms with Gasteiger partial charge in [0.2, 0.25) is 0 Å². The lowest BCUT2D eigenvalue weighted by Gasteiger charge is -2.09. The molecule has 17 heavy (non-hydrogen) atoms. The second kappa shape index (κ2) is 5.29. The fraction of sp³-hybridized carbons (Fsp3) is 0.455. The van der Waals surface area contributed by atoms with Crippen molar-refractivity contribution in [2.45, 2.75) is 25.8 Å². The molecule has 1 unspecified atom stereocenters. The highest BCUT2D eigenvalue weighted by Gasteiger charge is 2.17. The lowest BCUT2D eigenvalue weighted by atomic mass is 10.1. The summed E-state index contributed by atoms with van der Waals surface area (Å²) in [5.41, 5.74) is 10.2. The molecule has 92 valence electrons. The van der Waals surface area contributed by atoms with Gasteiger partial charge in [0, 0.05) is 30.6 Å². The third-order valence-electron chi connectivity index (χ3n) is 2.73. The van der Waals surface area contributed by atoms with E-state index in [1.807, 2.05) is 23.4 Å². The Bertz CT molecular complexity index is 492. The number of rotatable bonds is 4. The van der Waals surface area contributed by atoms with E-state index in [0.29, 0.717) is 0 Å². The average molecular weight is 315 g/mol. The summed E-state index contributed by atoms with van der Waals surface area (Å²) in [4.78, 5) is 5.16. The number of thiazole rings is 1. The minimum atomic E-state index is -0.0149. The van der Waals surface area contributed by atoms with Gasteiger partial charge in [0.25, 0.3) is 0 Å². The van der Waals surface area contributed by atoms with E-state index in [4.69, 9.17) is 5.73 Å². The zero-order valence-corrected chi connectivity index (χ0v) is 12.3. The lowest BCUT2D eigenvalue weighted by molar-refractivity contribution is 0.642. The predicted molar refractivity (Wildman–Crippen MR) is 73.0 cm³/mol. The molecular formula is C11H15BrN4S. The van der Waals surface area contributed by atoms with Crippen molar-refractivity contribution in [1.82, 2.24) is 14.8 Å². The molecule has 0 spiro atoms. The van der Waals surface area contributed by atoms with Gasteiger partial charge in [0.1, 0.15) is 0 Å². The van der Waals surface area contributed by atoms with Crippen molar-refractivity contribution in [3.05, 3.63) is 32.4 Å². The second-order valence-corrected chi connectivity index (χ2v) is 5.61. The van der Waals surface area contributed by atoms with E-state index in [1.165, 1.54) is 0 Å². The van der Waals surface area contributed by atoms with Crippen molar-refractivity contribution in [2.75, 3.05) is 0 Å². The van der Waals surface area contributed by atoms with E-state index in [1.54, 1.807) is 11.3 Å². The van der Waals surface area contributed by atoms with Crippen LogP contribution in [0, 0.1) is 0 Å². The SMILES string of the molecule is CCc1nn(C)c(CC(N)c2cncs2)c1Br. The van der Waals surface area contributed by atoms with Crippen LogP contribution in [0.1, 0.15) is 29.2 Å². The maximum Gasteiger partial charge on any atom is 0.0794 e. The maximum absolute atomic E-state index is 6.17. The minimum absolute atomic E-state index is 0.0149. The molecule has 0 bridgehead atoms. The predicted octanol–water partition coefficient (Wildman–Crippen LogP) is 2.44. The fourth-order valence-electron chi connectivity index (χ4n) is 1.76. The van der Waals surface area contributed by atoms with Crippen molar-refractivity contribution >= 4 is 27.3 Å². The molecule has 2 aromatic heterocycles. The molecule has 4 nitrogen and oxygen atoms in total. The molecule has 0 saturated carbocycles. The molecule has 2 N–H and O–H groups in total. The summed E-state index contributed by atoms with van der Waals surface area (Å²) in [6, 6.07) is -0.0149. The van der Waals surface area contributed by atoms with Gasteiger partial charge in [-0.25, -0.2) is 0 Å². The molecule has 1 atom stereocenters. The quantitative estimate of drug-likeness (QED) is 0.943. The summed E-state index contributed by atoms with van der Waals surface area (Å²) in [7, 11) is 1.96. The molecule has 0 aliphatic rings. The number of nitrogens with two attached hydrogens (primary N) is 1. The maximum atomic E-state index is 6.17. The largest absolute Gasteiger partial charge is 0.323 e. The van der Waals surface area contributed by atoms with Crippen molar-refractivity contribution in [3.8, 4) is 0 Å². The van der Waals surface area contributed by atoms with Crippen LogP contribution in [0.5, 0.6) is 0 Å². The third-order valence-corrected chi connectivity index (χ3v) is 4.56. The van der Waals surface area contributed by atoms with Crippen LogP contribution in [0.2, 0.25) is 0 Å². The van der Waals surface area contributed by atoms with Crippen LogP contribution in [-0.4, -0.2) is 14.8 Å². The first-order valence-electron chi connectivity index (χ1n) is 5.47. The Balaban J connectivity index is 2.21. The molecule has 0 aromatic carbocycles. The van der Waals surface area contributed by atoms with E-state index >= 15 is 0 Å². The average Bonchev–Trinajstić information content (AvgIpc) is 2.92. The van der Waals surface area contributed by atoms with Gasteiger partial charge in [-0.2, -0.15) is 5.10 Å². The van der Waals surface area contributed by atoms with Crippen molar-refractivity contribution < 1.29 is 0 Å². The Labute approximate surface area is 113 Å². The first-order chi connectivity index (χ1) is 8.13. The van der Waals surface area contributed by atoms with Crippen molar-refractivity contribution in [3.63, 3.8) is 0 Å². The molecule has 2 heterocycles. The Morgan fingerprint density at radius 1 is 1.59 bits per heavy atom. The first kappa shape index (κ1) is 12.7. The summed E-state index contributed by atoms with van der Waals surface area (Å²) in [5, 5.41) is 4.47. The monoisotopic (exact) mass is 314 g/mol. The van der Waals surface area contributed by atoms with Gasteiger partial charge in [0.15, 0.2) is 0 Å². The second-order valence-electron chi connectivity index (χ2n) is 3.90. The van der Waals surface area contributed by atoms with Crippen LogP contribution in [0.3, 0.4) is 0 Å². The Morgan fingerprint density at radius 3 is 2.88 bits per heavy atom. The number of nitrogens with zero attached hydrogens (tertiary/aromatic N) is 3. The van der Waals surface area contributed by atoms with Gasteiger partial charge in [0.05, 0.1) is 21.4 Å². The summed E-state index contributed by atoms with van der Waals surface area (Å²) < 4.78 is 2.99. The van der Waals surface area contributed by atoms with Crippen LogP contribution >= 0.6 is 27.3 Å². The van der Waals surface area contributed by atoms with E-state index < -0.39 is 0 Å². The third kappa shape index (κ3) is 2.59. The molecule has 0 fully saturated rings. The summed E-state index contributed by atoms with van der Waals surface area (Å²) >= 11 is 5.20. The number of hydrogen-bond acceptors (Lipinski definition) is 4. The number of aryl methyl sites for hydroxylation is 2. The van der Waals surface area contributed by atoms with Crippen LogP contribution in [0.4, 0.5) is 0 Å². The zero-order chi connectivity index (χ0) is 12.4. The molecule has 2 aromatic rings. The molecule has 0 aliphatic heterocycles. The van der Waals surface area contributed by atoms with Crippen LogP contribution in [0.15, 0.2) is 16.2 Å². The normalized spacial score (nSPS) is 12.9. The molecule has 2 rings (SSSR count). The molecule has 0 amide bonds. The standard InChI is InChI=1S/C11H15BrN4S/c1-3-8-11(12)9(16(2)15-8)4-7(13)10-5-14-6-17-10/h5-7H,3-4,13H2,1-2H3. The van der Waals surface area contributed by atoms with Crippen LogP contribution in [0.25, 0.3) is 0 Å². The van der Waals surface area contributed by atoms with E-state index in [-0.39, 0.29) is 6.04 Å². The van der Waals surface area contributed by atoms with Gasteiger partial charge in [-0.3, -0.25) is 9.67 Å². The molecular weight excluding hydrogens is 300 g/mol. The molecule has 0 aliphatic carbocycles. The van der Waals surface area contributed by atoms with Gasteiger partial charge in [-0.05, 0) is 22.4 Å². The lowest BCUT2D eigenvalue weighted by Crippen LogP contribution is -2.14. The van der Waals surface area contributed by atoms with Crippen molar-refractivity contribution in [2.24, 2.45) is 12.8 Å². The molecule has 6 heteroatoms. The summed E-state index contributed by atoms with van der Waals surface area (Å²) in [6.45, 7) is 2.10. The Hall–Kier alpha value is -0.720. The van der Waals surface area contributed by atoms with Gasteiger partial charge in [-0.1, -0.05) is 6.92 Å². The number of aromatic nitrogens is 3. The zero-order valence-electron chi connectivity index (χ0n) is 9.85. The first-order valence-corrected chi connectivity index (χ1v) is 7.15. The fourth-order valence-corrected chi connectivity index (χ4v) is 3.16. The van der Waals surface area contributed by atoms with Gasteiger partial charge >= 0.3 is 0 Å².